The van der Waals surface area contributed by atoms with E-state index in [-0.39, 0.29) is 18.3 Å². The highest BCUT2D eigenvalue weighted by Crippen LogP contribution is 2.28. The predicted octanol–water partition coefficient (Wildman–Crippen LogP) is 3.56. The maximum Gasteiger partial charge on any atom is 0.183 e. The molecule has 4 heterocycles. The summed E-state index contributed by atoms with van der Waals surface area (Å²) in [5.74, 6) is 0.800. The number of likely N-dealkylation sites (tertiary alicyclic amines) is 1. The lowest BCUT2D eigenvalue weighted by atomic mass is 9.97. The molecule has 1 unspecified atom stereocenters. The third-order valence-corrected chi connectivity index (χ3v) is 5.73. The molecule has 0 spiro atoms. The predicted molar refractivity (Wildman–Crippen MR) is 116 cm³/mol. The highest BCUT2D eigenvalue weighted by Gasteiger charge is 2.22. The molecule has 0 aliphatic carbocycles. The van der Waals surface area contributed by atoms with E-state index in [1.165, 1.54) is 6.20 Å². The van der Waals surface area contributed by atoms with E-state index in [2.05, 4.69) is 30.2 Å². The van der Waals surface area contributed by atoms with Gasteiger partial charge in [0.2, 0.25) is 0 Å². The highest BCUT2D eigenvalue weighted by atomic mass is 35.5. The van der Waals surface area contributed by atoms with Crippen molar-refractivity contribution in [2.75, 3.05) is 38.1 Å². The quantitative estimate of drug-likeness (QED) is 0.529. The minimum absolute atomic E-state index is 0.197. The summed E-state index contributed by atoms with van der Waals surface area (Å²) in [5.41, 5.74) is 1.40. The van der Waals surface area contributed by atoms with E-state index < -0.39 is 5.82 Å². The molecule has 0 amide bonds. The van der Waals surface area contributed by atoms with Crippen LogP contribution in [0.2, 0.25) is 5.02 Å². The van der Waals surface area contributed by atoms with Crippen LogP contribution in [-0.4, -0.2) is 62.7 Å². The van der Waals surface area contributed by atoms with Crippen LogP contribution in [0, 0.1) is 17.7 Å². The van der Waals surface area contributed by atoms with Gasteiger partial charge in [-0.2, -0.15) is 0 Å². The Morgan fingerprint density at radius 2 is 2.27 bits per heavy atom. The fraction of sp³-hybridized carbons (Fsp3) is 0.476. The third-order valence-electron chi connectivity index (χ3n) is 5.53. The molecule has 1 saturated heterocycles. The van der Waals surface area contributed by atoms with Crippen LogP contribution in [0.25, 0.3) is 22.4 Å². The number of aliphatic hydroxyl groups is 1. The molecular formula is C21H26ClFN6O. The summed E-state index contributed by atoms with van der Waals surface area (Å²) in [7, 11) is 0. The smallest absolute Gasteiger partial charge is 0.183 e. The van der Waals surface area contributed by atoms with Gasteiger partial charge in [0.15, 0.2) is 17.5 Å². The average molecular weight is 433 g/mol. The Morgan fingerprint density at radius 3 is 3.10 bits per heavy atom. The van der Waals surface area contributed by atoms with Crippen molar-refractivity contribution in [3.63, 3.8) is 0 Å². The van der Waals surface area contributed by atoms with Crippen LogP contribution in [0.1, 0.15) is 19.8 Å². The van der Waals surface area contributed by atoms with Gasteiger partial charge in [0.1, 0.15) is 5.65 Å². The van der Waals surface area contributed by atoms with Crippen molar-refractivity contribution >= 4 is 28.5 Å². The van der Waals surface area contributed by atoms with Gasteiger partial charge in [-0.05, 0) is 37.3 Å². The number of aliphatic hydroxyl groups excluding tert-OH is 1. The summed E-state index contributed by atoms with van der Waals surface area (Å²) in [5, 5.41) is 13.8. The molecule has 30 heavy (non-hydrogen) atoms. The van der Waals surface area contributed by atoms with Gasteiger partial charge in [-0.3, -0.25) is 0 Å². The van der Waals surface area contributed by atoms with Gasteiger partial charge < -0.3 is 20.3 Å². The topological polar surface area (TPSA) is 90.0 Å². The third kappa shape index (κ3) is 4.71. The number of rotatable bonds is 7. The monoisotopic (exact) mass is 432 g/mol. The second-order valence-electron chi connectivity index (χ2n) is 8.08. The van der Waals surface area contributed by atoms with Gasteiger partial charge in [-0.25, -0.2) is 19.3 Å². The summed E-state index contributed by atoms with van der Waals surface area (Å²) in [4.78, 5) is 18.3. The molecule has 0 radical (unpaired) electrons. The van der Waals surface area contributed by atoms with E-state index in [1.54, 1.807) is 18.5 Å². The maximum absolute atomic E-state index is 14.4. The van der Waals surface area contributed by atoms with E-state index in [0.717, 1.165) is 43.4 Å². The molecule has 1 aliphatic heterocycles. The molecule has 4 rings (SSSR count). The first-order chi connectivity index (χ1) is 14.5. The molecule has 1 fully saturated rings. The highest BCUT2D eigenvalue weighted by molar-refractivity contribution is 6.31. The van der Waals surface area contributed by atoms with Crippen LogP contribution in [0.15, 0.2) is 24.7 Å². The van der Waals surface area contributed by atoms with Crippen LogP contribution in [0.3, 0.4) is 0 Å². The second kappa shape index (κ2) is 9.24. The molecule has 9 heteroatoms. The molecular weight excluding hydrogens is 407 g/mol. The Bertz CT molecular complexity index is 1010. The molecule has 0 bridgehead atoms. The van der Waals surface area contributed by atoms with Gasteiger partial charge >= 0.3 is 0 Å². The van der Waals surface area contributed by atoms with Crippen molar-refractivity contribution < 1.29 is 9.50 Å². The molecule has 7 nitrogen and oxygen atoms in total. The van der Waals surface area contributed by atoms with Crippen molar-refractivity contribution in [2.24, 2.45) is 11.8 Å². The first-order valence-corrected chi connectivity index (χ1v) is 10.6. The number of H-pyrrole nitrogens is 1. The van der Waals surface area contributed by atoms with Gasteiger partial charge in [-0.15, -0.1) is 0 Å². The summed E-state index contributed by atoms with van der Waals surface area (Å²) in [6.45, 7) is 5.75. The van der Waals surface area contributed by atoms with E-state index in [0.29, 0.717) is 29.0 Å². The number of aromatic nitrogens is 4. The largest absolute Gasteiger partial charge is 0.396 e. The molecule has 1 aliphatic rings. The number of hydrogen-bond donors (Lipinski definition) is 3. The minimum Gasteiger partial charge on any atom is -0.396 e. The summed E-state index contributed by atoms with van der Waals surface area (Å²) < 4.78 is 14.4. The van der Waals surface area contributed by atoms with E-state index >= 15 is 0 Å². The van der Waals surface area contributed by atoms with Crippen LogP contribution in [0.5, 0.6) is 0 Å². The van der Waals surface area contributed by atoms with Gasteiger partial charge in [0, 0.05) is 49.6 Å². The first-order valence-electron chi connectivity index (χ1n) is 10.3. The number of piperidine rings is 1. The Labute approximate surface area is 179 Å². The summed E-state index contributed by atoms with van der Waals surface area (Å²) >= 11 is 6.07. The maximum atomic E-state index is 14.4. The summed E-state index contributed by atoms with van der Waals surface area (Å²) in [6, 6.07) is 1.79. The van der Waals surface area contributed by atoms with E-state index in [9.17, 15) is 9.50 Å². The minimum atomic E-state index is -0.476. The number of aromatic amines is 1. The van der Waals surface area contributed by atoms with Crippen LogP contribution in [-0.2, 0) is 0 Å². The van der Waals surface area contributed by atoms with E-state index in [4.69, 9.17) is 11.6 Å². The number of nitrogens with zero attached hydrogens (tertiary/aromatic N) is 4. The zero-order valence-corrected chi connectivity index (χ0v) is 17.7. The standard InChI is InChI=1S/C21H26ClFN6O/c1-13(12-30)10-29-4-2-3-14(11-29)6-24-21-18(23)9-27-20(28-21)17-8-26-19-16(17)5-15(22)7-25-19/h5,7-9,13-14,30H,2-4,6,10-12H2,1H3,(H,25,26)(H,24,27,28)/t13?,14-/m0/s1. The summed E-state index contributed by atoms with van der Waals surface area (Å²) in [6.07, 6.45) is 6.70. The second-order valence-corrected chi connectivity index (χ2v) is 8.52. The van der Waals surface area contributed by atoms with Crippen molar-refractivity contribution in [3.05, 3.63) is 35.5 Å². The van der Waals surface area contributed by atoms with Gasteiger partial charge in [-0.1, -0.05) is 18.5 Å². The average Bonchev–Trinajstić information content (AvgIpc) is 3.16. The Kier molecular flexibility index (Phi) is 6.46. The van der Waals surface area contributed by atoms with Gasteiger partial charge in [0.25, 0.3) is 0 Å². The number of fused-ring (bicyclic) bond motifs is 1. The van der Waals surface area contributed by atoms with Crippen LogP contribution >= 0.6 is 11.6 Å². The molecule has 0 saturated carbocycles. The normalized spacial score (nSPS) is 18.6. The zero-order chi connectivity index (χ0) is 21.1. The van der Waals surface area contributed by atoms with Gasteiger partial charge in [0.05, 0.1) is 11.2 Å². The fourth-order valence-electron chi connectivity index (χ4n) is 4.01. The number of halogens is 2. The number of hydrogen-bond acceptors (Lipinski definition) is 6. The Balaban J connectivity index is 1.47. The number of nitrogens with one attached hydrogen (secondary N) is 2. The fourth-order valence-corrected chi connectivity index (χ4v) is 4.16. The number of pyridine rings is 1. The first kappa shape index (κ1) is 21.0. The lowest BCUT2D eigenvalue weighted by Crippen LogP contribution is -2.40. The molecule has 160 valence electrons. The lowest BCUT2D eigenvalue weighted by Gasteiger charge is -2.34. The van der Waals surface area contributed by atoms with Crippen molar-refractivity contribution in [2.45, 2.75) is 19.8 Å². The van der Waals surface area contributed by atoms with Crippen molar-refractivity contribution in [1.29, 1.82) is 0 Å². The molecule has 3 aromatic heterocycles. The Morgan fingerprint density at radius 1 is 1.40 bits per heavy atom. The SMILES string of the molecule is CC(CO)CN1CCC[C@@H](CNc2nc(-c3c[nH]c4ncc(Cl)cc34)ncc2F)C1. The zero-order valence-electron chi connectivity index (χ0n) is 16.9. The Hall–Kier alpha value is -2.29. The van der Waals surface area contributed by atoms with Crippen molar-refractivity contribution in [1.82, 2.24) is 24.8 Å². The molecule has 2 atom stereocenters. The lowest BCUT2D eigenvalue weighted by molar-refractivity contribution is 0.131. The van der Waals surface area contributed by atoms with E-state index in [1.807, 2.05) is 6.92 Å². The van der Waals surface area contributed by atoms with Crippen LogP contribution in [0.4, 0.5) is 10.2 Å². The number of anilines is 1. The molecule has 3 aromatic rings. The molecule has 3 N–H and O–H groups in total. The van der Waals surface area contributed by atoms with Crippen molar-refractivity contribution in [3.8, 4) is 11.4 Å². The van der Waals surface area contributed by atoms with Crippen LogP contribution < -0.4 is 5.32 Å². The molecule has 0 aromatic carbocycles.